The van der Waals surface area contributed by atoms with Crippen molar-refractivity contribution in [1.82, 2.24) is 15.2 Å². The molecule has 8 aromatic carbocycles. The van der Waals surface area contributed by atoms with E-state index in [2.05, 4.69) is 15.8 Å². The van der Waals surface area contributed by atoms with Gasteiger partial charge in [-0.3, -0.25) is 28.9 Å². The van der Waals surface area contributed by atoms with Crippen LogP contribution in [0.15, 0.2) is 252 Å². The highest BCUT2D eigenvalue weighted by molar-refractivity contribution is 8.00. The number of β-lactam (4-membered cyclic amide) rings is 1. The Labute approximate surface area is 537 Å². The summed E-state index contributed by atoms with van der Waals surface area (Å²) in [5.41, 5.74) is 3.53. The zero-order valence-electron chi connectivity index (χ0n) is 49.8. The van der Waals surface area contributed by atoms with Crippen molar-refractivity contribution in [2.45, 2.75) is 56.0 Å². The van der Waals surface area contributed by atoms with Gasteiger partial charge in [-0.15, -0.1) is 23.1 Å². The number of carbonyl (C=O) groups is 7. The number of ether oxygens (including phenoxy) is 5. The molecule has 9 aromatic rings. The zero-order valence-corrected chi connectivity index (χ0v) is 51.4. The summed E-state index contributed by atoms with van der Waals surface area (Å²) in [5.74, 6) is -6.06. The molecule has 20 heteroatoms. The number of amides is 2. The number of hydrogen-bond donors (Lipinski definition) is 2. The maximum atomic E-state index is 15.5. The van der Waals surface area contributed by atoms with Crippen molar-refractivity contribution in [2.24, 2.45) is 5.16 Å². The van der Waals surface area contributed by atoms with E-state index in [1.807, 2.05) is 164 Å². The van der Waals surface area contributed by atoms with E-state index in [4.69, 9.17) is 33.5 Å². The first-order valence-corrected chi connectivity index (χ1v) is 31.1. The van der Waals surface area contributed by atoms with E-state index in [0.29, 0.717) is 33.0 Å². The van der Waals surface area contributed by atoms with E-state index < -0.39 is 82.6 Å². The predicted molar refractivity (Wildman–Crippen MR) is 345 cm³/mol. The van der Waals surface area contributed by atoms with E-state index >= 15 is 9.59 Å². The number of carbonyl (C=O) groups excluding carboxylic acids is 7. The van der Waals surface area contributed by atoms with Crippen LogP contribution in [0.2, 0.25) is 0 Å². The first-order chi connectivity index (χ1) is 44.7. The van der Waals surface area contributed by atoms with Crippen molar-refractivity contribution >= 4 is 75.6 Å². The third-order valence-electron chi connectivity index (χ3n) is 15.0. The van der Waals surface area contributed by atoms with Gasteiger partial charge in [-0.2, -0.15) is 0 Å². The monoisotopic (exact) mass is 1270 g/mol. The van der Waals surface area contributed by atoms with Crippen molar-refractivity contribution < 1.29 is 62.1 Å². The molecular weight excluding hydrogens is 1210 g/mol. The summed E-state index contributed by atoms with van der Waals surface area (Å²) >= 11 is 2.35. The predicted octanol–water partition coefficient (Wildman–Crippen LogP) is 11.7. The van der Waals surface area contributed by atoms with Gasteiger partial charge in [-0.25, -0.2) is 14.6 Å². The van der Waals surface area contributed by atoms with Crippen LogP contribution in [0.5, 0.6) is 11.5 Å². The van der Waals surface area contributed by atoms with Gasteiger partial charge < -0.3 is 39.2 Å². The number of thiazole rings is 1. The van der Waals surface area contributed by atoms with E-state index in [1.54, 1.807) is 53.9 Å². The van der Waals surface area contributed by atoms with Crippen LogP contribution >= 0.6 is 23.1 Å². The Kier molecular flexibility index (Phi) is 19.5. The third-order valence-corrected chi connectivity index (χ3v) is 17.1. The second kappa shape index (κ2) is 28.7. The molecule has 2 aliphatic heterocycles. The van der Waals surface area contributed by atoms with Crippen molar-refractivity contribution in [3.8, 4) is 11.5 Å². The lowest BCUT2D eigenvalue weighted by molar-refractivity contribution is -0.162. The fourth-order valence-electron chi connectivity index (χ4n) is 10.8. The van der Waals surface area contributed by atoms with Crippen molar-refractivity contribution in [1.29, 1.82) is 0 Å². The molecule has 0 saturated carbocycles. The highest BCUT2D eigenvalue weighted by Gasteiger charge is 2.55. The Balaban J connectivity index is 0.997. The fraction of sp³-hybridized carbons (Fsp3) is 0.153. The molecule has 0 bridgehead atoms. The molecule has 0 radical (unpaired) electrons. The van der Waals surface area contributed by atoms with Gasteiger partial charge in [0.1, 0.15) is 35.0 Å². The Hall–Kier alpha value is -11.0. The fourth-order valence-corrected chi connectivity index (χ4v) is 12.9. The molecule has 11 rings (SSSR count). The molecule has 2 amide bonds. The highest BCUT2D eigenvalue weighted by Crippen LogP contribution is 2.44. The minimum Gasteiger partial charge on any atom is -0.461 e. The SMILES string of the molecule is CC(=O)OCC1=C(C(=O)OC(c2ccccc2)c2ccccc2)N2C(=O)[C@@H](NC(=O)/C(=N\OC(C(=O)OC(c3ccccc3)c3ccccc3)c3ccc(OC(C)=O)c(OC(C)=O)c3)c3csc(NC(c4ccccc4)(c4ccccc4)c4ccccc4)n3)[C@H]2SC1. The summed E-state index contributed by atoms with van der Waals surface area (Å²) in [6, 6.07) is 68.0. The van der Waals surface area contributed by atoms with Crippen LogP contribution in [0.25, 0.3) is 0 Å². The summed E-state index contributed by atoms with van der Waals surface area (Å²) in [6.07, 6.45) is -3.80. The second-order valence-corrected chi connectivity index (χ2v) is 23.1. The number of rotatable bonds is 23. The van der Waals surface area contributed by atoms with E-state index in [-0.39, 0.29) is 40.8 Å². The van der Waals surface area contributed by atoms with Crippen LogP contribution in [0.1, 0.15) is 89.3 Å². The molecule has 2 aliphatic rings. The number of aromatic nitrogens is 1. The molecule has 1 fully saturated rings. The highest BCUT2D eigenvalue weighted by atomic mass is 32.2. The number of fused-ring (bicyclic) bond motifs is 1. The molecule has 3 heterocycles. The molecule has 1 aromatic heterocycles. The van der Waals surface area contributed by atoms with Gasteiger partial charge in [0.15, 0.2) is 34.6 Å². The number of nitrogens with one attached hydrogen (secondary N) is 2. The van der Waals surface area contributed by atoms with E-state index in [1.165, 1.54) is 41.8 Å². The molecule has 92 heavy (non-hydrogen) atoms. The number of oxime groups is 1. The molecule has 0 aliphatic carbocycles. The van der Waals surface area contributed by atoms with Crippen LogP contribution in [-0.4, -0.2) is 81.0 Å². The van der Waals surface area contributed by atoms with Gasteiger partial charge in [0.25, 0.3) is 11.8 Å². The van der Waals surface area contributed by atoms with Crippen LogP contribution in [-0.2, 0) is 58.1 Å². The standard InChI is InChI=1S/C72H59N5O13S2/c1-45(78)85-42-53-43-91-68-61(67(82)77(68)62(53)69(83)88-63(48-25-11-4-12-26-48)49-27-13-5-14-28-49)74-66(81)60(57-44-92-71(73-57)75-72(54-33-19-8-20-34-54,55-35-21-9-22-36-55)56-37-23-10-24-38-56)76-90-65(52-39-40-58(86-46(2)79)59(41-52)87-47(3)80)70(84)89-64(50-29-15-6-16-30-50)51-31-17-7-18-32-51/h4-41,44,61,63-65,68H,42-43H2,1-3H3,(H,73,75)(H,74,81)/b76-60-/t61-,65?,68-/m1/s1. The molecule has 2 N–H and O–H groups in total. The minimum atomic E-state index is -1.87. The van der Waals surface area contributed by atoms with Gasteiger partial charge in [-0.1, -0.05) is 224 Å². The number of hydrogen-bond acceptors (Lipinski definition) is 18. The molecule has 18 nitrogen and oxygen atoms in total. The Bertz CT molecular complexity index is 4030. The largest absolute Gasteiger partial charge is 0.461 e. The van der Waals surface area contributed by atoms with Crippen LogP contribution < -0.4 is 20.1 Å². The van der Waals surface area contributed by atoms with Crippen molar-refractivity contribution in [2.75, 3.05) is 17.7 Å². The smallest absolute Gasteiger partial charge is 0.356 e. The third kappa shape index (κ3) is 14.1. The van der Waals surface area contributed by atoms with Gasteiger partial charge in [0.2, 0.25) is 6.10 Å². The summed E-state index contributed by atoms with van der Waals surface area (Å²) in [6.45, 7) is 3.21. The number of esters is 5. The summed E-state index contributed by atoms with van der Waals surface area (Å²) in [7, 11) is 0. The summed E-state index contributed by atoms with van der Waals surface area (Å²) in [5, 5.41) is 12.0. The normalized spacial score (nSPS) is 14.9. The van der Waals surface area contributed by atoms with Crippen molar-refractivity contribution in [3.05, 3.63) is 297 Å². The molecule has 0 spiro atoms. The number of thioether (sulfide) groups is 1. The topological polar surface area (TPSA) is 227 Å². The number of benzene rings is 8. The summed E-state index contributed by atoms with van der Waals surface area (Å²) in [4.78, 5) is 110. The lowest BCUT2D eigenvalue weighted by atomic mass is 9.77. The molecule has 1 unspecified atom stereocenters. The molecule has 3 atom stereocenters. The average Bonchev–Trinajstić information content (AvgIpc) is 0.885. The maximum Gasteiger partial charge on any atom is 0.356 e. The lowest BCUT2D eigenvalue weighted by Crippen LogP contribution is -2.71. The maximum absolute atomic E-state index is 15.5. The molecule has 1 saturated heterocycles. The zero-order chi connectivity index (χ0) is 64.1. The quantitative estimate of drug-likeness (QED) is 0.0115. The first kappa shape index (κ1) is 62.6. The first-order valence-electron chi connectivity index (χ1n) is 29.1. The van der Waals surface area contributed by atoms with Gasteiger partial charge in [0.05, 0.1) is 0 Å². The van der Waals surface area contributed by atoms with Crippen LogP contribution in [0.4, 0.5) is 5.13 Å². The second-order valence-electron chi connectivity index (χ2n) is 21.2. The van der Waals surface area contributed by atoms with Gasteiger partial charge >= 0.3 is 29.8 Å². The minimum absolute atomic E-state index is 0.0227. The van der Waals surface area contributed by atoms with E-state index in [0.717, 1.165) is 41.9 Å². The molecule has 462 valence electrons. The summed E-state index contributed by atoms with van der Waals surface area (Å²) < 4.78 is 29.0. The van der Waals surface area contributed by atoms with E-state index in [9.17, 15) is 24.0 Å². The van der Waals surface area contributed by atoms with Crippen molar-refractivity contribution in [3.63, 3.8) is 0 Å². The van der Waals surface area contributed by atoms with Crippen LogP contribution in [0.3, 0.4) is 0 Å². The number of anilines is 1. The Morgan fingerprint density at radius 2 is 1.05 bits per heavy atom. The van der Waals surface area contributed by atoms with Gasteiger partial charge in [-0.05, 0) is 51.1 Å². The molecular formula is C72H59N5O13S2. The van der Waals surface area contributed by atoms with Gasteiger partial charge in [0, 0.05) is 43.0 Å². The average molecular weight is 1270 g/mol. The lowest BCUT2D eigenvalue weighted by Gasteiger charge is -2.49. The number of nitrogens with zero attached hydrogens (tertiary/aromatic N) is 3. The Morgan fingerprint density at radius 3 is 1.53 bits per heavy atom. The van der Waals surface area contributed by atoms with Crippen LogP contribution in [0, 0.1) is 0 Å². The Morgan fingerprint density at radius 1 is 0.587 bits per heavy atom.